The van der Waals surface area contributed by atoms with E-state index < -0.39 is 0 Å². The first-order valence-corrected chi connectivity index (χ1v) is 5.98. The van der Waals surface area contributed by atoms with Crippen molar-refractivity contribution in [2.75, 3.05) is 13.1 Å². The Morgan fingerprint density at radius 2 is 2.06 bits per heavy atom. The van der Waals surface area contributed by atoms with Gasteiger partial charge in [0.15, 0.2) is 5.78 Å². The topological polar surface area (TPSA) is 61.7 Å². The number of carbonyl (C=O) groups excluding carboxylic acids is 1. The number of benzene rings is 1. The molecule has 0 aliphatic carbocycles. The highest BCUT2D eigenvalue weighted by atomic mass is 16.3. The Morgan fingerprint density at radius 1 is 1.33 bits per heavy atom. The van der Waals surface area contributed by atoms with Gasteiger partial charge in [0.25, 0.3) is 0 Å². The Kier molecular flexibility index (Phi) is 3.77. The lowest BCUT2D eigenvalue weighted by Crippen LogP contribution is -2.33. The average molecular weight is 244 g/mol. The van der Waals surface area contributed by atoms with Crippen molar-refractivity contribution in [1.82, 2.24) is 5.32 Å². The number of carbonyl (C=O) groups is 1. The molecule has 1 aliphatic rings. The second-order valence-electron chi connectivity index (χ2n) is 4.16. The first kappa shape index (κ1) is 12.4. The molecular weight excluding hydrogens is 228 g/mol. The lowest BCUT2D eigenvalue weighted by Gasteiger charge is -2.17. The van der Waals surface area contributed by atoms with Crippen molar-refractivity contribution in [3.05, 3.63) is 41.5 Å². The zero-order valence-electron chi connectivity index (χ0n) is 10.3. The van der Waals surface area contributed by atoms with E-state index in [1.165, 1.54) is 6.92 Å². The third-order valence-corrected chi connectivity index (χ3v) is 2.77. The molecule has 1 heterocycles. The molecule has 0 spiro atoms. The number of Topliss-reactive ketones (excluding diaryl/α,β-unsaturated/α-hetero) is 1. The van der Waals surface area contributed by atoms with E-state index in [-0.39, 0.29) is 17.1 Å². The van der Waals surface area contributed by atoms with E-state index in [0.29, 0.717) is 17.9 Å². The summed E-state index contributed by atoms with van der Waals surface area (Å²) in [6.45, 7) is 2.90. The van der Waals surface area contributed by atoms with Crippen molar-refractivity contribution >= 4 is 17.4 Å². The SMILES string of the molecule is CC(=O)C(C1=NCCCN1)=C(O)c1ccccc1. The van der Waals surface area contributed by atoms with Crippen molar-refractivity contribution in [3.63, 3.8) is 0 Å². The second-order valence-corrected chi connectivity index (χ2v) is 4.16. The van der Waals surface area contributed by atoms with E-state index in [0.717, 1.165) is 13.0 Å². The molecule has 1 aromatic carbocycles. The summed E-state index contributed by atoms with van der Waals surface area (Å²) >= 11 is 0. The molecule has 18 heavy (non-hydrogen) atoms. The van der Waals surface area contributed by atoms with Gasteiger partial charge in [-0.2, -0.15) is 0 Å². The van der Waals surface area contributed by atoms with Gasteiger partial charge in [0, 0.05) is 18.7 Å². The van der Waals surface area contributed by atoms with Crippen LogP contribution < -0.4 is 5.32 Å². The number of amidine groups is 1. The smallest absolute Gasteiger partial charge is 0.167 e. The maximum Gasteiger partial charge on any atom is 0.167 e. The molecule has 0 saturated carbocycles. The van der Waals surface area contributed by atoms with Gasteiger partial charge in [0.2, 0.25) is 0 Å². The lowest BCUT2D eigenvalue weighted by molar-refractivity contribution is -0.113. The summed E-state index contributed by atoms with van der Waals surface area (Å²) in [6.07, 6.45) is 0.945. The van der Waals surface area contributed by atoms with Crippen molar-refractivity contribution in [1.29, 1.82) is 0 Å². The average Bonchev–Trinajstić information content (AvgIpc) is 2.40. The quantitative estimate of drug-likeness (QED) is 0.631. The van der Waals surface area contributed by atoms with E-state index in [2.05, 4.69) is 10.3 Å². The maximum atomic E-state index is 11.7. The van der Waals surface area contributed by atoms with Gasteiger partial charge in [0.1, 0.15) is 17.2 Å². The Labute approximate surface area is 106 Å². The molecule has 0 fully saturated rings. The van der Waals surface area contributed by atoms with Crippen LogP contribution in [0.4, 0.5) is 0 Å². The molecule has 0 atom stereocenters. The Hall–Kier alpha value is -2.10. The summed E-state index contributed by atoms with van der Waals surface area (Å²) in [7, 11) is 0. The van der Waals surface area contributed by atoms with Crippen LogP contribution in [0.5, 0.6) is 0 Å². The van der Waals surface area contributed by atoms with Gasteiger partial charge in [-0.1, -0.05) is 30.3 Å². The van der Waals surface area contributed by atoms with Gasteiger partial charge in [0.05, 0.1) is 0 Å². The molecule has 2 N–H and O–H groups in total. The highest BCUT2D eigenvalue weighted by Crippen LogP contribution is 2.18. The van der Waals surface area contributed by atoms with Crippen molar-refractivity contribution < 1.29 is 9.90 Å². The predicted molar refractivity (Wildman–Crippen MR) is 71.6 cm³/mol. The van der Waals surface area contributed by atoms with Crippen LogP contribution >= 0.6 is 0 Å². The van der Waals surface area contributed by atoms with Crippen LogP contribution in [0.15, 0.2) is 40.9 Å². The zero-order valence-corrected chi connectivity index (χ0v) is 10.3. The molecule has 0 unspecified atom stereocenters. The fourth-order valence-corrected chi connectivity index (χ4v) is 1.89. The van der Waals surface area contributed by atoms with Gasteiger partial charge in [-0.25, -0.2) is 0 Å². The number of aliphatic hydroxyl groups excluding tert-OH is 1. The summed E-state index contributed by atoms with van der Waals surface area (Å²) in [5.74, 6) is 0.288. The van der Waals surface area contributed by atoms with Crippen LogP contribution in [-0.2, 0) is 4.79 Å². The minimum absolute atomic E-state index is 0.0174. The number of hydrogen-bond acceptors (Lipinski definition) is 4. The van der Waals surface area contributed by atoms with E-state index >= 15 is 0 Å². The van der Waals surface area contributed by atoms with E-state index in [1.807, 2.05) is 18.2 Å². The van der Waals surface area contributed by atoms with Crippen LogP contribution in [0.2, 0.25) is 0 Å². The number of nitrogens with one attached hydrogen (secondary N) is 1. The molecule has 1 aromatic rings. The third kappa shape index (κ3) is 2.59. The summed E-state index contributed by atoms with van der Waals surface area (Å²) < 4.78 is 0. The number of nitrogens with zero attached hydrogens (tertiary/aromatic N) is 1. The molecule has 4 heteroatoms. The van der Waals surface area contributed by atoms with Crippen molar-refractivity contribution in [2.45, 2.75) is 13.3 Å². The van der Waals surface area contributed by atoms with Crippen LogP contribution in [0.25, 0.3) is 5.76 Å². The first-order chi connectivity index (χ1) is 8.70. The lowest BCUT2D eigenvalue weighted by atomic mass is 10.0. The predicted octanol–water partition coefficient (Wildman–Crippen LogP) is 1.94. The van der Waals surface area contributed by atoms with E-state index in [9.17, 15) is 9.90 Å². The minimum Gasteiger partial charge on any atom is -0.506 e. The van der Waals surface area contributed by atoms with Crippen molar-refractivity contribution in [3.8, 4) is 0 Å². The molecule has 0 aromatic heterocycles. The highest BCUT2D eigenvalue weighted by molar-refractivity contribution is 6.25. The van der Waals surface area contributed by atoms with Gasteiger partial charge in [-0.05, 0) is 13.3 Å². The number of aliphatic imine (C=N–C) groups is 1. The van der Waals surface area contributed by atoms with Gasteiger partial charge in [-0.3, -0.25) is 9.79 Å². The van der Waals surface area contributed by atoms with Gasteiger partial charge >= 0.3 is 0 Å². The van der Waals surface area contributed by atoms with Gasteiger partial charge < -0.3 is 10.4 Å². The fourth-order valence-electron chi connectivity index (χ4n) is 1.89. The maximum absolute atomic E-state index is 11.7. The number of hydrogen-bond donors (Lipinski definition) is 2. The molecule has 0 radical (unpaired) electrons. The highest BCUT2D eigenvalue weighted by Gasteiger charge is 2.20. The van der Waals surface area contributed by atoms with Crippen LogP contribution in [0.1, 0.15) is 18.9 Å². The summed E-state index contributed by atoms with van der Waals surface area (Å²) in [5, 5.41) is 13.3. The number of rotatable bonds is 3. The Morgan fingerprint density at radius 3 is 2.61 bits per heavy atom. The van der Waals surface area contributed by atoms with Gasteiger partial charge in [-0.15, -0.1) is 0 Å². The van der Waals surface area contributed by atoms with Crippen LogP contribution in [0, 0.1) is 0 Å². The molecule has 0 saturated heterocycles. The fraction of sp³-hybridized carbons (Fsp3) is 0.286. The molecule has 4 nitrogen and oxygen atoms in total. The Balaban J connectivity index is 2.46. The van der Waals surface area contributed by atoms with Crippen LogP contribution in [0.3, 0.4) is 0 Å². The van der Waals surface area contributed by atoms with Crippen molar-refractivity contribution in [2.24, 2.45) is 4.99 Å². The first-order valence-electron chi connectivity index (χ1n) is 5.98. The molecule has 0 bridgehead atoms. The van der Waals surface area contributed by atoms with E-state index in [1.54, 1.807) is 12.1 Å². The summed E-state index contributed by atoms with van der Waals surface area (Å²) in [4.78, 5) is 16.0. The summed E-state index contributed by atoms with van der Waals surface area (Å²) in [5.41, 5.74) is 0.888. The van der Waals surface area contributed by atoms with E-state index in [4.69, 9.17) is 0 Å². The Bertz CT molecular complexity index is 504. The summed E-state index contributed by atoms with van der Waals surface area (Å²) in [6, 6.07) is 9.03. The van der Waals surface area contributed by atoms with Crippen LogP contribution in [-0.4, -0.2) is 29.8 Å². The molecule has 94 valence electrons. The third-order valence-electron chi connectivity index (χ3n) is 2.77. The molecule has 0 amide bonds. The molecular formula is C14H16N2O2. The standard InChI is InChI=1S/C14H16N2O2/c1-10(17)12(14-15-8-5-9-16-14)13(18)11-6-3-2-4-7-11/h2-4,6-7,18H,5,8-9H2,1H3,(H,15,16). The largest absolute Gasteiger partial charge is 0.506 e. The normalized spacial score (nSPS) is 16.4. The minimum atomic E-state index is -0.190. The molecule has 2 rings (SSSR count). The second kappa shape index (κ2) is 5.49. The number of ketones is 1. The monoisotopic (exact) mass is 244 g/mol. The number of aliphatic hydroxyl groups is 1. The zero-order chi connectivity index (χ0) is 13.0. The molecule has 1 aliphatic heterocycles.